The quantitative estimate of drug-likeness (QED) is 0.288. The lowest BCUT2D eigenvalue weighted by Crippen LogP contribution is -2.61. The van der Waals surface area contributed by atoms with Gasteiger partial charge in [-0.25, -0.2) is 0 Å². The van der Waals surface area contributed by atoms with Crippen LogP contribution in [0.1, 0.15) is 0 Å². The molecule has 6 heteroatoms. The Balaban J connectivity index is 2.63. The Kier molecular flexibility index (Phi) is 2.99. The van der Waals surface area contributed by atoms with Gasteiger partial charge in [-0.2, -0.15) is 0 Å². The lowest BCUT2D eigenvalue weighted by molar-refractivity contribution is -0.248. The minimum absolute atomic E-state index is 0.470. The van der Waals surface area contributed by atoms with Gasteiger partial charge in [-0.3, -0.25) is 0 Å². The van der Waals surface area contributed by atoms with Gasteiger partial charge < -0.3 is 30.9 Å². The average molecular weight is 179 g/mol. The third kappa shape index (κ3) is 1.58. The number of aliphatic hydroxyl groups is 4. The summed E-state index contributed by atoms with van der Waals surface area (Å²) >= 11 is 0. The SMILES string of the molecule is NC1[C@@H](O)OC(CO)[C@@H](O)[C@H]1O. The van der Waals surface area contributed by atoms with Crippen molar-refractivity contribution in [2.75, 3.05) is 6.61 Å². The van der Waals surface area contributed by atoms with Crippen molar-refractivity contribution in [2.24, 2.45) is 5.73 Å². The van der Waals surface area contributed by atoms with Gasteiger partial charge in [0, 0.05) is 0 Å². The molecular weight excluding hydrogens is 166 g/mol. The number of ether oxygens (including phenoxy) is 1. The van der Waals surface area contributed by atoms with Crippen molar-refractivity contribution in [3.63, 3.8) is 0 Å². The van der Waals surface area contributed by atoms with Crippen molar-refractivity contribution in [3.8, 4) is 0 Å². The minimum Gasteiger partial charge on any atom is -0.394 e. The van der Waals surface area contributed by atoms with E-state index in [1.165, 1.54) is 0 Å². The summed E-state index contributed by atoms with van der Waals surface area (Å²) in [6, 6.07) is -1.04. The van der Waals surface area contributed by atoms with E-state index in [1.54, 1.807) is 0 Å². The van der Waals surface area contributed by atoms with Gasteiger partial charge in [0.1, 0.15) is 18.3 Å². The van der Waals surface area contributed by atoms with Crippen molar-refractivity contribution in [2.45, 2.75) is 30.6 Å². The van der Waals surface area contributed by atoms with E-state index >= 15 is 0 Å². The van der Waals surface area contributed by atoms with E-state index in [-0.39, 0.29) is 0 Å². The van der Waals surface area contributed by atoms with Crippen molar-refractivity contribution in [1.29, 1.82) is 0 Å². The summed E-state index contributed by atoms with van der Waals surface area (Å²) in [5.74, 6) is 0. The summed E-state index contributed by atoms with van der Waals surface area (Å²) in [6.45, 7) is -0.470. The first kappa shape index (κ1) is 9.85. The first-order valence-corrected chi connectivity index (χ1v) is 3.64. The molecule has 1 aliphatic heterocycles. The molecule has 72 valence electrons. The van der Waals surface area contributed by atoms with Crippen LogP contribution in [0.25, 0.3) is 0 Å². The van der Waals surface area contributed by atoms with E-state index in [1.807, 2.05) is 0 Å². The molecule has 5 atom stereocenters. The second-order valence-electron chi connectivity index (χ2n) is 2.81. The predicted octanol–water partition coefficient (Wildman–Crippen LogP) is -3.25. The van der Waals surface area contributed by atoms with Gasteiger partial charge in [0.25, 0.3) is 0 Å². The maximum atomic E-state index is 9.20. The van der Waals surface area contributed by atoms with Crippen LogP contribution < -0.4 is 5.73 Å². The zero-order valence-electron chi connectivity index (χ0n) is 6.37. The van der Waals surface area contributed by atoms with E-state index in [9.17, 15) is 10.2 Å². The van der Waals surface area contributed by atoms with E-state index in [0.717, 1.165) is 0 Å². The van der Waals surface area contributed by atoms with Crippen LogP contribution in [0.15, 0.2) is 0 Å². The molecule has 6 N–H and O–H groups in total. The van der Waals surface area contributed by atoms with Crippen molar-refractivity contribution in [3.05, 3.63) is 0 Å². The van der Waals surface area contributed by atoms with Gasteiger partial charge in [-0.05, 0) is 0 Å². The molecule has 1 fully saturated rings. The molecule has 0 aliphatic carbocycles. The fourth-order valence-electron chi connectivity index (χ4n) is 1.12. The molecule has 0 aromatic rings. The molecule has 0 spiro atoms. The van der Waals surface area contributed by atoms with E-state index in [2.05, 4.69) is 0 Å². The number of aliphatic hydroxyl groups excluding tert-OH is 4. The van der Waals surface area contributed by atoms with E-state index in [4.69, 9.17) is 20.7 Å². The summed E-state index contributed by atoms with van der Waals surface area (Å²) in [5.41, 5.74) is 5.26. The van der Waals surface area contributed by atoms with Crippen LogP contribution in [0.5, 0.6) is 0 Å². The third-order valence-electron chi connectivity index (χ3n) is 1.95. The molecule has 0 saturated carbocycles. The topological polar surface area (TPSA) is 116 Å². The molecule has 6 nitrogen and oxygen atoms in total. The number of nitrogens with two attached hydrogens (primary N) is 1. The summed E-state index contributed by atoms with van der Waals surface area (Å²) in [7, 11) is 0. The highest BCUT2D eigenvalue weighted by Crippen LogP contribution is 2.17. The largest absolute Gasteiger partial charge is 0.394 e. The van der Waals surface area contributed by atoms with Gasteiger partial charge in [0.15, 0.2) is 6.29 Å². The molecule has 0 radical (unpaired) electrons. The molecule has 1 aliphatic rings. The number of hydrogen-bond donors (Lipinski definition) is 5. The van der Waals surface area contributed by atoms with Crippen LogP contribution >= 0.6 is 0 Å². The highest BCUT2D eigenvalue weighted by Gasteiger charge is 2.41. The third-order valence-corrected chi connectivity index (χ3v) is 1.95. The molecule has 1 heterocycles. The second kappa shape index (κ2) is 3.65. The van der Waals surface area contributed by atoms with Crippen LogP contribution in [0, 0.1) is 0 Å². The molecule has 0 bridgehead atoms. The predicted molar refractivity (Wildman–Crippen MR) is 38.0 cm³/mol. The van der Waals surface area contributed by atoms with Crippen LogP contribution in [-0.2, 0) is 4.74 Å². The molecular formula is C6H13NO5. The molecule has 1 saturated heterocycles. The maximum absolute atomic E-state index is 9.20. The summed E-state index contributed by atoms with van der Waals surface area (Å²) < 4.78 is 4.70. The standard InChI is InChI=1S/C6H13NO5/c7-3-5(10)4(9)2(1-8)12-6(3)11/h2-6,8-11H,1,7H2/t2?,3?,4-,5+,6+/m1/s1. The van der Waals surface area contributed by atoms with Gasteiger partial charge in [-0.1, -0.05) is 0 Å². The fraction of sp³-hybridized carbons (Fsp3) is 1.00. The van der Waals surface area contributed by atoms with Gasteiger partial charge in [0.05, 0.1) is 12.6 Å². The first-order valence-electron chi connectivity index (χ1n) is 3.64. The molecule has 12 heavy (non-hydrogen) atoms. The monoisotopic (exact) mass is 179 g/mol. The first-order chi connectivity index (χ1) is 5.57. The lowest BCUT2D eigenvalue weighted by atomic mass is 9.98. The second-order valence-corrected chi connectivity index (χ2v) is 2.81. The fourth-order valence-corrected chi connectivity index (χ4v) is 1.12. The summed E-state index contributed by atoms with van der Waals surface area (Å²) in [4.78, 5) is 0. The summed E-state index contributed by atoms with van der Waals surface area (Å²) in [5, 5.41) is 36.1. The molecule has 0 amide bonds. The summed E-state index contributed by atoms with van der Waals surface area (Å²) in [6.07, 6.45) is -4.85. The molecule has 0 aromatic carbocycles. The van der Waals surface area contributed by atoms with E-state index < -0.39 is 37.3 Å². The molecule has 1 rings (SSSR count). The Bertz CT molecular complexity index is 150. The van der Waals surface area contributed by atoms with Crippen molar-refractivity contribution >= 4 is 0 Å². The van der Waals surface area contributed by atoms with Crippen LogP contribution in [0.3, 0.4) is 0 Å². The smallest absolute Gasteiger partial charge is 0.173 e. The van der Waals surface area contributed by atoms with Gasteiger partial charge in [0.2, 0.25) is 0 Å². The zero-order valence-corrected chi connectivity index (χ0v) is 6.37. The normalized spacial score (nSPS) is 49.2. The Morgan fingerprint density at radius 1 is 1.17 bits per heavy atom. The number of rotatable bonds is 1. The van der Waals surface area contributed by atoms with Gasteiger partial charge >= 0.3 is 0 Å². The Morgan fingerprint density at radius 2 is 1.75 bits per heavy atom. The van der Waals surface area contributed by atoms with Crippen molar-refractivity contribution in [1.82, 2.24) is 0 Å². The van der Waals surface area contributed by atoms with E-state index in [0.29, 0.717) is 0 Å². The lowest BCUT2D eigenvalue weighted by Gasteiger charge is -2.38. The number of hydrogen-bond acceptors (Lipinski definition) is 6. The highest BCUT2D eigenvalue weighted by atomic mass is 16.6. The zero-order chi connectivity index (χ0) is 9.30. The van der Waals surface area contributed by atoms with Crippen LogP contribution in [0.4, 0.5) is 0 Å². The Morgan fingerprint density at radius 3 is 2.25 bits per heavy atom. The average Bonchev–Trinajstić information content (AvgIpc) is 2.08. The maximum Gasteiger partial charge on any atom is 0.173 e. The van der Waals surface area contributed by atoms with Gasteiger partial charge in [-0.15, -0.1) is 0 Å². The van der Waals surface area contributed by atoms with Crippen LogP contribution in [-0.4, -0.2) is 57.7 Å². The minimum atomic E-state index is -1.35. The Labute approximate surface area is 69.2 Å². The van der Waals surface area contributed by atoms with Crippen molar-refractivity contribution < 1.29 is 25.2 Å². The Hall–Kier alpha value is -0.240. The molecule has 0 aromatic heterocycles. The van der Waals surface area contributed by atoms with Crippen LogP contribution in [0.2, 0.25) is 0 Å². The molecule has 2 unspecified atom stereocenters. The highest BCUT2D eigenvalue weighted by molar-refractivity contribution is 4.90.